The molecule has 0 aliphatic carbocycles. The van der Waals surface area contributed by atoms with E-state index in [0.717, 1.165) is 11.1 Å². The Bertz CT molecular complexity index is 496. The van der Waals surface area contributed by atoms with E-state index in [1.165, 1.54) is 6.26 Å². The summed E-state index contributed by atoms with van der Waals surface area (Å²) in [4.78, 5) is 0.344. The van der Waals surface area contributed by atoms with Gasteiger partial charge in [0.25, 0.3) is 0 Å². The fourth-order valence-corrected chi connectivity index (χ4v) is 1.86. The van der Waals surface area contributed by atoms with Crippen LogP contribution in [0.1, 0.15) is 11.1 Å². The Kier molecular flexibility index (Phi) is 3.48. The van der Waals surface area contributed by atoms with Crippen molar-refractivity contribution < 1.29 is 8.42 Å². The van der Waals surface area contributed by atoms with E-state index in [-0.39, 0.29) is 0 Å². The fourth-order valence-electron chi connectivity index (χ4n) is 1.20. The van der Waals surface area contributed by atoms with Gasteiger partial charge in [0.15, 0.2) is 9.84 Å². The van der Waals surface area contributed by atoms with E-state index in [1.807, 2.05) is 13.0 Å². The van der Waals surface area contributed by atoms with Crippen LogP contribution in [-0.2, 0) is 9.84 Å². The molecule has 0 radical (unpaired) electrons. The lowest BCUT2D eigenvalue weighted by Gasteiger charge is -2.03. The highest BCUT2D eigenvalue weighted by molar-refractivity contribution is 7.90. The topological polar surface area (TPSA) is 34.1 Å². The number of sulfone groups is 1. The maximum atomic E-state index is 11.3. The average Bonchev–Trinajstić information content (AvgIpc) is 2.15. The molecule has 1 rings (SSSR count). The van der Waals surface area contributed by atoms with Gasteiger partial charge in [0.1, 0.15) is 0 Å². The molecule has 80 valence electrons. The number of benzene rings is 1. The van der Waals surface area contributed by atoms with Gasteiger partial charge >= 0.3 is 0 Å². The summed E-state index contributed by atoms with van der Waals surface area (Å²) in [5.41, 5.74) is 1.94. The van der Waals surface area contributed by atoms with Gasteiger partial charge in [-0.3, -0.25) is 0 Å². The van der Waals surface area contributed by atoms with Crippen LogP contribution in [0.2, 0.25) is 0 Å². The van der Waals surface area contributed by atoms with Crippen LogP contribution in [0.15, 0.2) is 41.8 Å². The lowest BCUT2D eigenvalue weighted by atomic mass is 10.1. The molecule has 0 aromatic heterocycles. The summed E-state index contributed by atoms with van der Waals surface area (Å²) < 4.78 is 22.7. The molecule has 0 saturated carbocycles. The second kappa shape index (κ2) is 4.45. The quantitative estimate of drug-likeness (QED) is 0.737. The summed E-state index contributed by atoms with van der Waals surface area (Å²) in [6.07, 6.45) is 6.50. The van der Waals surface area contributed by atoms with Crippen LogP contribution in [0.5, 0.6) is 0 Å². The van der Waals surface area contributed by atoms with E-state index in [1.54, 1.807) is 30.4 Å². The van der Waals surface area contributed by atoms with Crippen molar-refractivity contribution in [1.82, 2.24) is 0 Å². The third-order valence-corrected chi connectivity index (χ3v) is 3.20. The number of rotatable bonds is 3. The normalized spacial score (nSPS) is 11.9. The van der Waals surface area contributed by atoms with Gasteiger partial charge in [0.05, 0.1) is 4.90 Å². The summed E-state index contributed by atoms with van der Waals surface area (Å²) in [6, 6.07) is 5.10. The first-order chi connectivity index (χ1) is 6.95. The van der Waals surface area contributed by atoms with Crippen molar-refractivity contribution in [1.29, 1.82) is 0 Å². The molecule has 0 saturated heterocycles. The highest BCUT2D eigenvalue weighted by Gasteiger charge is 2.07. The first kappa shape index (κ1) is 11.7. The average molecular weight is 222 g/mol. The third-order valence-electron chi connectivity index (χ3n) is 2.09. The van der Waals surface area contributed by atoms with Crippen LogP contribution in [-0.4, -0.2) is 14.7 Å². The summed E-state index contributed by atoms with van der Waals surface area (Å²) >= 11 is 0. The molecule has 0 spiro atoms. The summed E-state index contributed by atoms with van der Waals surface area (Å²) in [6.45, 7) is 5.51. The summed E-state index contributed by atoms with van der Waals surface area (Å²) in [5, 5.41) is 0. The van der Waals surface area contributed by atoms with Crippen molar-refractivity contribution in [2.24, 2.45) is 0 Å². The summed E-state index contributed by atoms with van der Waals surface area (Å²) in [5.74, 6) is 0. The van der Waals surface area contributed by atoms with Crippen molar-refractivity contribution in [3.63, 3.8) is 0 Å². The van der Waals surface area contributed by atoms with Crippen LogP contribution < -0.4 is 0 Å². The van der Waals surface area contributed by atoms with E-state index in [4.69, 9.17) is 0 Å². The smallest absolute Gasteiger partial charge is 0.175 e. The Hall–Kier alpha value is -1.35. The van der Waals surface area contributed by atoms with Crippen LogP contribution in [0.3, 0.4) is 0 Å². The maximum absolute atomic E-state index is 11.3. The van der Waals surface area contributed by atoms with Gasteiger partial charge in [-0.15, -0.1) is 0 Å². The van der Waals surface area contributed by atoms with Crippen molar-refractivity contribution in [3.8, 4) is 0 Å². The predicted molar refractivity (Wildman–Crippen MR) is 63.5 cm³/mol. The molecule has 0 bridgehead atoms. The molecule has 0 heterocycles. The minimum atomic E-state index is -3.13. The van der Waals surface area contributed by atoms with Gasteiger partial charge in [-0.1, -0.05) is 30.9 Å². The van der Waals surface area contributed by atoms with Gasteiger partial charge in [0.2, 0.25) is 0 Å². The van der Waals surface area contributed by atoms with Crippen molar-refractivity contribution >= 4 is 15.9 Å². The molecule has 0 N–H and O–H groups in total. The zero-order valence-electron chi connectivity index (χ0n) is 8.90. The largest absolute Gasteiger partial charge is 0.224 e. The lowest BCUT2D eigenvalue weighted by Crippen LogP contribution is -1.97. The van der Waals surface area contributed by atoms with E-state index < -0.39 is 9.84 Å². The van der Waals surface area contributed by atoms with Crippen LogP contribution in [0.25, 0.3) is 6.08 Å². The van der Waals surface area contributed by atoms with Crippen molar-refractivity contribution in [2.45, 2.75) is 11.8 Å². The first-order valence-electron chi connectivity index (χ1n) is 4.55. The Morgan fingerprint density at radius 1 is 1.33 bits per heavy atom. The molecule has 0 atom stereocenters. The zero-order valence-corrected chi connectivity index (χ0v) is 9.71. The number of hydrogen-bond donors (Lipinski definition) is 0. The fraction of sp³-hybridized carbons (Fsp3) is 0.167. The number of aryl methyl sites for hydroxylation is 1. The van der Waals surface area contributed by atoms with E-state index >= 15 is 0 Å². The van der Waals surface area contributed by atoms with Gasteiger partial charge in [-0.2, -0.15) is 0 Å². The van der Waals surface area contributed by atoms with Crippen molar-refractivity contribution in [2.75, 3.05) is 6.26 Å². The minimum absolute atomic E-state index is 0.344. The second-order valence-electron chi connectivity index (χ2n) is 3.39. The monoisotopic (exact) mass is 222 g/mol. The molecule has 0 unspecified atom stereocenters. The van der Waals surface area contributed by atoms with Crippen LogP contribution in [0, 0.1) is 6.92 Å². The van der Waals surface area contributed by atoms with Gasteiger partial charge in [0, 0.05) is 6.26 Å². The van der Waals surface area contributed by atoms with Gasteiger partial charge < -0.3 is 0 Å². The zero-order chi connectivity index (χ0) is 11.5. The molecule has 3 heteroatoms. The van der Waals surface area contributed by atoms with Gasteiger partial charge in [-0.25, -0.2) is 8.42 Å². The number of hydrogen-bond acceptors (Lipinski definition) is 2. The van der Waals surface area contributed by atoms with Crippen LogP contribution in [0.4, 0.5) is 0 Å². The van der Waals surface area contributed by atoms with Crippen molar-refractivity contribution in [3.05, 3.63) is 48.1 Å². The Morgan fingerprint density at radius 2 is 2.00 bits per heavy atom. The standard InChI is InChI=1S/C12H14O2S/c1-4-5-6-11-9-12(15(3,13)14)8-7-10(11)2/h4-9H,1H2,2-3H3/b6-5-. The second-order valence-corrected chi connectivity index (χ2v) is 5.40. The third kappa shape index (κ3) is 3.06. The highest BCUT2D eigenvalue weighted by Crippen LogP contribution is 2.16. The molecular formula is C12H14O2S. The Morgan fingerprint density at radius 3 is 2.53 bits per heavy atom. The summed E-state index contributed by atoms with van der Waals surface area (Å²) in [7, 11) is -3.13. The van der Waals surface area contributed by atoms with E-state index in [9.17, 15) is 8.42 Å². The molecule has 2 nitrogen and oxygen atoms in total. The Balaban J connectivity index is 3.29. The number of allylic oxidation sites excluding steroid dienone is 2. The molecule has 0 amide bonds. The Labute approximate surface area is 90.9 Å². The van der Waals surface area contributed by atoms with Gasteiger partial charge in [-0.05, 0) is 30.2 Å². The predicted octanol–water partition coefficient (Wildman–Crippen LogP) is 2.60. The highest BCUT2D eigenvalue weighted by atomic mass is 32.2. The van der Waals surface area contributed by atoms with Crippen LogP contribution >= 0.6 is 0 Å². The SMILES string of the molecule is C=C/C=C\c1cc(S(C)(=O)=O)ccc1C. The lowest BCUT2D eigenvalue weighted by molar-refractivity contribution is 0.602. The molecule has 1 aromatic carbocycles. The van der Waals surface area contributed by atoms with E-state index in [2.05, 4.69) is 6.58 Å². The maximum Gasteiger partial charge on any atom is 0.175 e. The molecule has 0 aliphatic heterocycles. The molecule has 0 aliphatic rings. The molecule has 15 heavy (non-hydrogen) atoms. The minimum Gasteiger partial charge on any atom is -0.224 e. The van der Waals surface area contributed by atoms with E-state index in [0.29, 0.717) is 4.90 Å². The first-order valence-corrected chi connectivity index (χ1v) is 6.44. The molecule has 0 fully saturated rings. The molecule has 1 aromatic rings. The molecular weight excluding hydrogens is 208 g/mol.